The topological polar surface area (TPSA) is 72.2 Å². The molecule has 30 heavy (non-hydrogen) atoms. The molecule has 0 aliphatic heterocycles. The predicted octanol–water partition coefficient (Wildman–Crippen LogP) is 4.51. The van der Waals surface area contributed by atoms with E-state index in [1.165, 1.54) is 0 Å². The minimum atomic E-state index is -0.285. The monoisotopic (exact) mass is 417 g/mol. The second kappa shape index (κ2) is 8.47. The average Bonchev–Trinajstić information content (AvgIpc) is 3.00. The Labute approximate surface area is 179 Å². The predicted molar refractivity (Wildman–Crippen MR) is 119 cm³/mol. The summed E-state index contributed by atoms with van der Waals surface area (Å²) in [5.41, 5.74) is 7.43. The van der Waals surface area contributed by atoms with Gasteiger partial charge in [-0.05, 0) is 37.6 Å². The summed E-state index contributed by atoms with van der Waals surface area (Å²) in [5, 5.41) is 10.2. The van der Waals surface area contributed by atoms with Gasteiger partial charge in [-0.3, -0.25) is 14.5 Å². The lowest BCUT2D eigenvalue weighted by atomic mass is 10.1. The third kappa shape index (κ3) is 4.09. The Morgan fingerprint density at radius 1 is 1.17 bits per heavy atom. The Kier molecular flexibility index (Phi) is 5.59. The van der Waals surface area contributed by atoms with Crippen LogP contribution in [0.1, 0.15) is 32.9 Å². The smallest absolute Gasteiger partial charge is 0.267 e. The number of aryl methyl sites for hydroxylation is 1. The molecule has 7 heteroatoms. The molecule has 0 fully saturated rings. The van der Waals surface area contributed by atoms with Crippen LogP contribution in [0.3, 0.4) is 0 Å². The van der Waals surface area contributed by atoms with Crippen molar-refractivity contribution in [3.05, 3.63) is 93.9 Å². The number of fused-ring (bicyclic) bond motifs is 1. The highest BCUT2D eigenvalue weighted by Gasteiger charge is 2.11. The number of hydrazone groups is 1. The van der Waals surface area contributed by atoms with Crippen LogP contribution in [0.25, 0.3) is 10.9 Å². The first kappa shape index (κ1) is 19.8. The van der Waals surface area contributed by atoms with Gasteiger partial charge in [-0.25, -0.2) is 5.43 Å². The van der Waals surface area contributed by atoms with Gasteiger partial charge in [0.05, 0.1) is 34.7 Å². The average molecular weight is 418 g/mol. The number of halogens is 1. The zero-order valence-electron chi connectivity index (χ0n) is 16.6. The molecule has 1 amide bonds. The molecule has 0 saturated carbocycles. The largest absolute Gasteiger partial charge is 0.271 e. The van der Waals surface area contributed by atoms with E-state index < -0.39 is 0 Å². The lowest BCUT2D eigenvalue weighted by Gasteiger charge is -2.07. The molecule has 2 aromatic heterocycles. The molecule has 0 aliphatic rings. The van der Waals surface area contributed by atoms with Crippen LogP contribution < -0.4 is 5.43 Å². The molecule has 0 saturated heterocycles. The van der Waals surface area contributed by atoms with Crippen molar-refractivity contribution in [3.63, 3.8) is 0 Å². The van der Waals surface area contributed by atoms with Gasteiger partial charge in [-0.15, -0.1) is 0 Å². The molecule has 0 aliphatic carbocycles. The van der Waals surface area contributed by atoms with Gasteiger partial charge in [0.25, 0.3) is 5.91 Å². The van der Waals surface area contributed by atoms with E-state index in [1.807, 2.05) is 67.1 Å². The summed E-state index contributed by atoms with van der Waals surface area (Å²) in [6, 6.07) is 17.1. The van der Waals surface area contributed by atoms with E-state index in [0.29, 0.717) is 17.1 Å². The van der Waals surface area contributed by atoms with Crippen molar-refractivity contribution in [2.45, 2.75) is 20.4 Å². The zero-order chi connectivity index (χ0) is 21.1. The van der Waals surface area contributed by atoms with E-state index in [-0.39, 0.29) is 5.91 Å². The quantitative estimate of drug-likeness (QED) is 0.383. The highest BCUT2D eigenvalue weighted by atomic mass is 35.5. The van der Waals surface area contributed by atoms with E-state index in [0.717, 1.165) is 33.4 Å². The highest BCUT2D eigenvalue weighted by molar-refractivity contribution is 6.31. The maximum atomic E-state index is 12.5. The first-order valence-electron chi connectivity index (χ1n) is 9.48. The number of hydrogen-bond acceptors (Lipinski definition) is 4. The van der Waals surface area contributed by atoms with Gasteiger partial charge in [0.2, 0.25) is 0 Å². The maximum absolute atomic E-state index is 12.5. The summed E-state index contributed by atoms with van der Waals surface area (Å²) in [4.78, 5) is 16.9. The summed E-state index contributed by atoms with van der Waals surface area (Å²) in [5.74, 6) is -0.285. The molecule has 0 bridgehead atoms. The second-order valence-corrected chi connectivity index (χ2v) is 7.34. The van der Waals surface area contributed by atoms with Crippen molar-refractivity contribution < 1.29 is 4.79 Å². The van der Waals surface area contributed by atoms with Gasteiger partial charge in [-0.2, -0.15) is 10.2 Å². The first-order valence-corrected chi connectivity index (χ1v) is 9.86. The third-order valence-electron chi connectivity index (χ3n) is 4.85. The summed E-state index contributed by atoms with van der Waals surface area (Å²) >= 11 is 6.22. The zero-order valence-corrected chi connectivity index (χ0v) is 17.4. The molecule has 150 valence electrons. The van der Waals surface area contributed by atoms with Gasteiger partial charge in [0.15, 0.2) is 0 Å². The number of amides is 1. The van der Waals surface area contributed by atoms with Crippen LogP contribution in [0.2, 0.25) is 5.02 Å². The molecule has 0 atom stereocenters. The van der Waals surface area contributed by atoms with Crippen LogP contribution in [-0.2, 0) is 6.54 Å². The number of nitrogens with zero attached hydrogens (tertiary/aromatic N) is 4. The van der Waals surface area contributed by atoms with Crippen molar-refractivity contribution in [2.75, 3.05) is 0 Å². The summed E-state index contributed by atoms with van der Waals surface area (Å²) in [6.45, 7) is 4.33. The number of pyridine rings is 1. The van der Waals surface area contributed by atoms with E-state index >= 15 is 0 Å². The number of benzene rings is 2. The van der Waals surface area contributed by atoms with Crippen LogP contribution in [0.5, 0.6) is 0 Å². The molecular weight excluding hydrogens is 398 g/mol. The molecular formula is C23H20ClN5O. The summed E-state index contributed by atoms with van der Waals surface area (Å²) in [6.07, 6.45) is 3.34. The Hall–Kier alpha value is -3.51. The fourth-order valence-corrected chi connectivity index (χ4v) is 3.41. The van der Waals surface area contributed by atoms with Crippen molar-refractivity contribution in [1.29, 1.82) is 0 Å². The lowest BCUT2D eigenvalue weighted by Crippen LogP contribution is -2.18. The minimum absolute atomic E-state index is 0.285. The Balaban J connectivity index is 1.48. The number of hydrogen-bond donors (Lipinski definition) is 1. The minimum Gasteiger partial charge on any atom is -0.267 e. The van der Waals surface area contributed by atoms with Gasteiger partial charge >= 0.3 is 0 Å². The Morgan fingerprint density at radius 3 is 2.77 bits per heavy atom. The summed E-state index contributed by atoms with van der Waals surface area (Å²) < 4.78 is 1.83. The molecule has 0 spiro atoms. The SMILES string of the molecule is Cc1nn(Cc2cccc(C(=O)N/N=C/c3cccc4cccnc34)c2)c(C)c1Cl. The van der Waals surface area contributed by atoms with E-state index in [9.17, 15) is 4.79 Å². The Morgan fingerprint density at radius 2 is 1.97 bits per heavy atom. The number of rotatable bonds is 5. The summed E-state index contributed by atoms with van der Waals surface area (Å²) in [7, 11) is 0. The molecule has 2 heterocycles. The van der Waals surface area contributed by atoms with Gasteiger partial charge < -0.3 is 0 Å². The van der Waals surface area contributed by atoms with Crippen molar-refractivity contribution in [2.24, 2.45) is 5.10 Å². The highest BCUT2D eigenvalue weighted by Crippen LogP contribution is 2.20. The molecule has 6 nitrogen and oxygen atoms in total. The Bertz CT molecular complexity index is 1260. The van der Waals surface area contributed by atoms with Crippen molar-refractivity contribution in [1.82, 2.24) is 20.2 Å². The van der Waals surface area contributed by atoms with Gasteiger partial charge in [-0.1, -0.05) is 48.0 Å². The van der Waals surface area contributed by atoms with Crippen LogP contribution >= 0.6 is 11.6 Å². The number of aromatic nitrogens is 3. The third-order valence-corrected chi connectivity index (χ3v) is 5.40. The molecule has 1 N–H and O–H groups in total. The lowest BCUT2D eigenvalue weighted by molar-refractivity contribution is 0.0955. The normalized spacial score (nSPS) is 11.3. The molecule has 4 aromatic rings. The number of para-hydroxylation sites is 1. The van der Waals surface area contributed by atoms with Crippen LogP contribution in [-0.4, -0.2) is 26.9 Å². The number of nitrogens with one attached hydrogen (secondary N) is 1. The van der Waals surface area contributed by atoms with E-state index in [2.05, 4.69) is 20.6 Å². The molecule has 0 radical (unpaired) electrons. The maximum Gasteiger partial charge on any atom is 0.271 e. The first-order chi connectivity index (χ1) is 14.5. The fourth-order valence-electron chi connectivity index (χ4n) is 3.27. The molecule has 4 rings (SSSR count). The van der Waals surface area contributed by atoms with Crippen molar-refractivity contribution in [3.8, 4) is 0 Å². The van der Waals surface area contributed by atoms with E-state index in [1.54, 1.807) is 18.5 Å². The second-order valence-electron chi connectivity index (χ2n) is 6.96. The van der Waals surface area contributed by atoms with Crippen LogP contribution in [0, 0.1) is 13.8 Å². The van der Waals surface area contributed by atoms with Crippen molar-refractivity contribution >= 4 is 34.6 Å². The molecule has 0 unspecified atom stereocenters. The van der Waals surface area contributed by atoms with E-state index in [4.69, 9.17) is 11.6 Å². The van der Waals surface area contributed by atoms with Crippen LogP contribution in [0.4, 0.5) is 0 Å². The van der Waals surface area contributed by atoms with Crippen LogP contribution in [0.15, 0.2) is 65.9 Å². The standard InChI is InChI=1S/C23H20ClN5O/c1-15-21(24)16(2)29(28-15)14-17-6-3-8-19(12-17)23(30)27-26-13-20-9-4-7-18-10-5-11-25-22(18)20/h3-13H,14H2,1-2H3,(H,27,30)/b26-13+. The number of carbonyl (C=O) groups is 1. The fraction of sp³-hybridized carbons (Fsp3) is 0.130. The molecule has 2 aromatic carbocycles. The van der Waals surface area contributed by atoms with Gasteiger partial charge in [0.1, 0.15) is 0 Å². The number of carbonyl (C=O) groups excluding carboxylic acids is 1. The van der Waals surface area contributed by atoms with Gasteiger partial charge in [0, 0.05) is 22.7 Å².